The van der Waals surface area contributed by atoms with Crippen molar-refractivity contribution in [1.82, 2.24) is 19.4 Å². The van der Waals surface area contributed by atoms with Crippen molar-refractivity contribution >= 4 is 16.8 Å². The Morgan fingerprint density at radius 2 is 2.00 bits per heavy atom. The molecule has 0 aliphatic carbocycles. The molecule has 6 nitrogen and oxygen atoms in total. The largest absolute Gasteiger partial charge is 0.336 e. The van der Waals surface area contributed by atoms with Gasteiger partial charge >= 0.3 is 0 Å². The van der Waals surface area contributed by atoms with Crippen LogP contribution in [0.25, 0.3) is 10.9 Å². The number of nitrogens with zero attached hydrogens (tertiary/aromatic N) is 4. The summed E-state index contributed by atoms with van der Waals surface area (Å²) >= 11 is 0. The highest BCUT2D eigenvalue weighted by Gasteiger charge is 2.25. The van der Waals surface area contributed by atoms with E-state index in [1.807, 2.05) is 4.90 Å². The molecule has 1 saturated heterocycles. The van der Waals surface area contributed by atoms with E-state index in [1.54, 1.807) is 22.8 Å². The van der Waals surface area contributed by atoms with E-state index in [4.69, 9.17) is 4.98 Å². The van der Waals surface area contributed by atoms with E-state index < -0.39 is 0 Å². The molecule has 1 atom stereocenters. The molecule has 0 radical (unpaired) electrons. The SMILES string of the molecule is CC1CCCCN1C(=O)c1ccc2c(=O)n3c(nc2c1)CCN(C)CC3. The second-order valence-corrected chi connectivity index (χ2v) is 7.61. The van der Waals surface area contributed by atoms with Crippen molar-refractivity contribution in [1.29, 1.82) is 0 Å². The lowest BCUT2D eigenvalue weighted by Gasteiger charge is -2.33. The van der Waals surface area contributed by atoms with Gasteiger partial charge in [0.25, 0.3) is 11.5 Å². The minimum Gasteiger partial charge on any atom is -0.336 e. The molecular weight excluding hydrogens is 328 g/mol. The van der Waals surface area contributed by atoms with Crippen molar-refractivity contribution in [2.24, 2.45) is 0 Å². The average Bonchev–Trinajstić information content (AvgIpc) is 2.83. The summed E-state index contributed by atoms with van der Waals surface area (Å²) < 4.78 is 1.79. The van der Waals surface area contributed by atoms with Gasteiger partial charge in [-0.3, -0.25) is 14.2 Å². The third-order valence-corrected chi connectivity index (χ3v) is 5.77. The summed E-state index contributed by atoms with van der Waals surface area (Å²) in [7, 11) is 2.06. The second kappa shape index (κ2) is 6.83. The van der Waals surface area contributed by atoms with Crippen molar-refractivity contribution in [2.45, 2.75) is 45.2 Å². The van der Waals surface area contributed by atoms with Gasteiger partial charge in [0.2, 0.25) is 0 Å². The highest BCUT2D eigenvalue weighted by atomic mass is 16.2. The molecule has 1 aromatic heterocycles. The number of amides is 1. The Morgan fingerprint density at radius 1 is 1.15 bits per heavy atom. The van der Waals surface area contributed by atoms with Gasteiger partial charge < -0.3 is 9.80 Å². The van der Waals surface area contributed by atoms with E-state index in [9.17, 15) is 9.59 Å². The van der Waals surface area contributed by atoms with Crippen molar-refractivity contribution in [2.75, 3.05) is 26.7 Å². The monoisotopic (exact) mass is 354 g/mol. The fourth-order valence-electron chi connectivity index (χ4n) is 4.06. The molecule has 2 aliphatic rings. The maximum atomic E-state index is 12.9. The van der Waals surface area contributed by atoms with E-state index >= 15 is 0 Å². The molecule has 1 fully saturated rings. The Kier molecular flexibility index (Phi) is 4.53. The molecule has 2 aliphatic heterocycles. The van der Waals surface area contributed by atoms with Crippen LogP contribution in [0, 0.1) is 0 Å². The van der Waals surface area contributed by atoms with Gasteiger partial charge in [-0.25, -0.2) is 4.98 Å². The van der Waals surface area contributed by atoms with Crippen LogP contribution in [-0.2, 0) is 13.0 Å². The zero-order valence-electron chi connectivity index (χ0n) is 15.6. The molecule has 26 heavy (non-hydrogen) atoms. The van der Waals surface area contributed by atoms with Gasteiger partial charge in [-0.05, 0) is 51.4 Å². The third kappa shape index (κ3) is 3.03. The molecule has 0 spiro atoms. The molecule has 3 heterocycles. The summed E-state index contributed by atoms with van der Waals surface area (Å²) in [5, 5.41) is 0.599. The zero-order chi connectivity index (χ0) is 18.3. The number of rotatable bonds is 1. The lowest BCUT2D eigenvalue weighted by Crippen LogP contribution is -2.42. The van der Waals surface area contributed by atoms with Crippen LogP contribution in [0.4, 0.5) is 0 Å². The number of benzene rings is 1. The van der Waals surface area contributed by atoms with Crippen LogP contribution < -0.4 is 5.56 Å². The van der Waals surface area contributed by atoms with Gasteiger partial charge in [-0.15, -0.1) is 0 Å². The molecule has 0 N–H and O–H groups in total. The van der Waals surface area contributed by atoms with E-state index in [1.165, 1.54) is 6.42 Å². The van der Waals surface area contributed by atoms with Crippen LogP contribution in [0.15, 0.2) is 23.0 Å². The number of hydrogen-bond donors (Lipinski definition) is 0. The summed E-state index contributed by atoms with van der Waals surface area (Å²) in [6.45, 7) is 5.33. The van der Waals surface area contributed by atoms with Crippen LogP contribution in [0.5, 0.6) is 0 Å². The summed E-state index contributed by atoms with van der Waals surface area (Å²) in [5.74, 6) is 0.874. The van der Waals surface area contributed by atoms with Crippen molar-refractivity contribution < 1.29 is 4.79 Å². The number of carbonyl (C=O) groups is 1. The molecule has 1 unspecified atom stereocenters. The van der Waals surface area contributed by atoms with Crippen molar-refractivity contribution in [3.8, 4) is 0 Å². The zero-order valence-corrected chi connectivity index (χ0v) is 15.6. The predicted molar refractivity (Wildman–Crippen MR) is 102 cm³/mol. The fourth-order valence-corrected chi connectivity index (χ4v) is 4.06. The number of likely N-dealkylation sites (N-methyl/N-ethyl adjacent to an activating group) is 1. The van der Waals surface area contributed by atoms with E-state index in [0.717, 1.165) is 44.7 Å². The quantitative estimate of drug-likeness (QED) is 0.785. The van der Waals surface area contributed by atoms with E-state index in [2.05, 4.69) is 18.9 Å². The Balaban J connectivity index is 1.73. The molecule has 1 aromatic carbocycles. The minimum absolute atomic E-state index is 0.00522. The van der Waals surface area contributed by atoms with Crippen molar-refractivity contribution in [3.05, 3.63) is 39.9 Å². The van der Waals surface area contributed by atoms with Crippen LogP contribution in [0.2, 0.25) is 0 Å². The maximum Gasteiger partial charge on any atom is 0.261 e. The van der Waals surface area contributed by atoms with Crippen LogP contribution in [0.1, 0.15) is 42.4 Å². The van der Waals surface area contributed by atoms with Crippen LogP contribution in [-0.4, -0.2) is 58.0 Å². The first kappa shape index (κ1) is 17.2. The number of carbonyl (C=O) groups excluding carboxylic acids is 1. The maximum absolute atomic E-state index is 12.9. The van der Waals surface area contributed by atoms with Gasteiger partial charge in [0.05, 0.1) is 10.9 Å². The van der Waals surface area contributed by atoms with Crippen LogP contribution >= 0.6 is 0 Å². The standard InChI is InChI=1S/C20H26N4O2/c1-14-5-3-4-9-23(14)19(25)15-6-7-16-17(13-15)21-18-8-10-22(2)11-12-24(18)20(16)26/h6-7,13-14H,3-5,8-12H2,1-2H3. The number of piperidine rings is 1. The Hall–Kier alpha value is -2.21. The highest BCUT2D eigenvalue weighted by molar-refractivity contribution is 5.97. The first-order chi connectivity index (χ1) is 12.5. The normalized spacial score (nSPS) is 21.5. The summed E-state index contributed by atoms with van der Waals surface area (Å²) in [6.07, 6.45) is 4.05. The number of aromatic nitrogens is 2. The van der Waals surface area contributed by atoms with E-state index in [-0.39, 0.29) is 17.5 Å². The van der Waals surface area contributed by atoms with Gasteiger partial charge in [0.15, 0.2) is 0 Å². The summed E-state index contributed by atoms with van der Waals surface area (Å²) in [4.78, 5) is 34.7. The first-order valence-electron chi connectivity index (χ1n) is 9.57. The second-order valence-electron chi connectivity index (χ2n) is 7.61. The Morgan fingerprint density at radius 3 is 2.81 bits per heavy atom. The third-order valence-electron chi connectivity index (χ3n) is 5.77. The smallest absolute Gasteiger partial charge is 0.261 e. The van der Waals surface area contributed by atoms with Gasteiger partial charge in [0.1, 0.15) is 5.82 Å². The molecule has 0 bridgehead atoms. The highest BCUT2D eigenvalue weighted by Crippen LogP contribution is 2.21. The van der Waals surface area contributed by atoms with Gasteiger partial charge in [-0.2, -0.15) is 0 Å². The van der Waals surface area contributed by atoms with Gasteiger partial charge in [-0.1, -0.05) is 0 Å². The molecule has 6 heteroatoms. The molecular formula is C20H26N4O2. The van der Waals surface area contributed by atoms with Gasteiger partial charge in [0, 0.05) is 44.2 Å². The topological polar surface area (TPSA) is 58.4 Å². The summed E-state index contributed by atoms with van der Waals surface area (Å²) in [6, 6.07) is 5.63. The number of likely N-dealkylation sites (tertiary alicyclic amines) is 1. The average molecular weight is 354 g/mol. The molecule has 4 rings (SSSR count). The minimum atomic E-state index is 0.00522. The Bertz CT molecular complexity index is 905. The molecule has 138 valence electrons. The van der Waals surface area contributed by atoms with Crippen LogP contribution in [0.3, 0.4) is 0 Å². The molecule has 2 aromatic rings. The lowest BCUT2D eigenvalue weighted by atomic mass is 10.0. The Labute approximate surface area is 153 Å². The van der Waals surface area contributed by atoms with Crippen molar-refractivity contribution in [3.63, 3.8) is 0 Å². The fraction of sp³-hybridized carbons (Fsp3) is 0.550. The van der Waals surface area contributed by atoms with E-state index in [0.29, 0.717) is 23.0 Å². The summed E-state index contributed by atoms with van der Waals surface area (Å²) in [5.41, 5.74) is 1.28. The lowest BCUT2D eigenvalue weighted by molar-refractivity contribution is 0.0636. The predicted octanol–water partition coefficient (Wildman–Crippen LogP) is 1.90. The molecule has 1 amide bonds. The molecule has 0 saturated carbocycles. The first-order valence-corrected chi connectivity index (χ1v) is 9.57. The number of fused-ring (bicyclic) bond motifs is 2. The number of hydrogen-bond acceptors (Lipinski definition) is 4.